The highest BCUT2D eigenvalue weighted by molar-refractivity contribution is 6.44. The quantitative estimate of drug-likeness (QED) is 0.822. The number of carbonyl (C=O) groups is 2. The number of hydrogen-bond acceptors (Lipinski definition) is 5. The first-order chi connectivity index (χ1) is 12.8. The fourth-order valence-electron chi connectivity index (χ4n) is 2.90. The molecule has 27 heavy (non-hydrogen) atoms. The van der Waals surface area contributed by atoms with Crippen LogP contribution >= 0.6 is 0 Å². The van der Waals surface area contributed by atoms with E-state index in [9.17, 15) is 14.7 Å². The van der Waals surface area contributed by atoms with Crippen molar-refractivity contribution in [1.29, 1.82) is 0 Å². The van der Waals surface area contributed by atoms with Gasteiger partial charge in [0.1, 0.15) is 5.75 Å². The lowest BCUT2D eigenvalue weighted by atomic mass is 10.1. The Hall–Kier alpha value is -3.28. The van der Waals surface area contributed by atoms with Gasteiger partial charge in [0.15, 0.2) is 5.76 Å². The summed E-state index contributed by atoms with van der Waals surface area (Å²) in [6.07, 6.45) is 0.0256. The molecule has 2 amide bonds. The van der Waals surface area contributed by atoms with Gasteiger partial charge in [-0.1, -0.05) is 18.2 Å². The van der Waals surface area contributed by atoms with Crippen LogP contribution in [0.25, 0.3) is 5.57 Å². The highest BCUT2D eigenvalue weighted by Gasteiger charge is 2.40. The van der Waals surface area contributed by atoms with Gasteiger partial charge in [-0.25, -0.2) is 4.90 Å². The summed E-state index contributed by atoms with van der Waals surface area (Å²) in [6, 6.07) is 13.8. The van der Waals surface area contributed by atoms with Crippen molar-refractivity contribution in [3.05, 3.63) is 59.9 Å². The lowest BCUT2D eigenvalue weighted by molar-refractivity contribution is -0.121. The Morgan fingerprint density at radius 3 is 2.26 bits per heavy atom. The van der Waals surface area contributed by atoms with Gasteiger partial charge in [0, 0.05) is 19.8 Å². The third-order valence-electron chi connectivity index (χ3n) is 4.18. The van der Waals surface area contributed by atoms with Crippen LogP contribution in [0.1, 0.15) is 19.4 Å². The van der Waals surface area contributed by atoms with Crippen molar-refractivity contribution in [2.24, 2.45) is 0 Å². The molecule has 2 aromatic carbocycles. The van der Waals surface area contributed by atoms with Crippen LogP contribution in [0, 0.1) is 0 Å². The number of imide groups is 1. The summed E-state index contributed by atoms with van der Waals surface area (Å²) in [5.41, 5.74) is 1.72. The molecule has 2 aromatic rings. The van der Waals surface area contributed by atoms with Crippen molar-refractivity contribution in [1.82, 2.24) is 0 Å². The maximum Gasteiger partial charge on any atom is 0.301 e. The topological polar surface area (TPSA) is 70.1 Å². The largest absolute Gasteiger partial charge is 0.502 e. The van der Waals surface area contributed by atoms with E-state index in [1.165, 1.54) is 0 Å². The Bertz CT molecular complexity index is 914. The molecule has 6 heteroatoms. The maximum atomic E-state index is 12.9. The van der Waals surface area contributed by atoms with E-state index in [0.717, 1.165) is 10.6 Å². The summed E-state index contributed by atoms with van der Waals surface area (Å²) in [6.45, 7) is 3.84. The van der Waals surface area contributed by atoms with Gasteiger partial charge in [-0.15, -0.1) is 0 Å². The molecule has 1 aliphatic heterocycles. The molecule has 140 valence electrons. The first-order valence-corrected chi connectivity index (χ1v) is 8.66. The van der Waals surface area contributed by atoms with Crippen molar-refractivity contribution in [2.75, 3.05) is 23.9 Å². The van der Waals surface area contributed by atoms with Crippen molar-refractivity contribution in [3.8, 4) is 5.75 Å². The molecule has 1 aliphatic rings. The minimum Gasteiger partial charge on any atom is -0.502 e. The molecule has 6 nitrogen and oxygen atoms in total. The molecule has 0 aromatic heterocycles. The van der Waals surface area contributed by atoms with E-state index >= 15 is 0 Å². The summed E-state index contributed by atoms with van der Waals surface area (Å²) in [5, 5.41) is 10.3. The van der Waals surface area contributed by atoms with E-state index in [4.69, 9.17) is 4.74 Å². The number of benzene rings is 2. The van der Waals surface area contributed by atoms with Crippen molar-refractivity contribution in [2.45, 2.75) is 20.0 Å². The highest BCUT2D eigenvalue weighted by atomic mass is 16.5. The Morgan fingerprint density at radius 2 is 1.67 bits per heavy atom. The lowest BCUT2D eigenvalue weighted by Crippen LogP contribution is -2.31. The molecule has 1 heterocycles. The van der Waals surface area contributed by atoms with Crippen LogP contribution < -0.4 is 14.5 Å². The normalized spacial score (nSPS) is 14.3. The van der Waals surface area contributed by atoms with Gasteiger partial charge in [-0.05, 0) is 49.7 Å². The van der Waals surface area contributed by atoms with E-state index in [1.54, 1.807) is 42.5 Å². The number of nitrogens with zero attached hydrogens (tertiary/aromatic N) is 2. The Morgan fingerprint density at radius 1 is 1.00 bits per heavy atom. The van der Waals surface area contributed by atoms with Gasteiger partial charge in [0.2, 0.25) is 0 Å². The lowest BCUT2D eigenvalue weighted by Gasteiger charge is -2.18. The van der Waals surface area contributed by atoms with E-state index in [0.29, 0.717) is 17.0 Å². The Balaban J connectivity index is 1.94. The average molecular weight is 366 g/mol. The van der Waals surface area contributed by atoms with Gasteiger partial charge in [-0.3, -0.25) is 9.59 Å². The van der Waals surface area contributed by atoms with Crippen molar-refractivity contribution in [3.63, 3.8) is 0 Å². The molecule has 0 bridgehead atoms. The van der Waals surface area contributed by atoms with E-state index in [-0.39, 0.29) is 11.7 Å². The van der Waals surface area contributed by atoms with Crippen LogP contribution in [0.15, 0.2) is 54.3 Å². The van der Waals surface area contributed by atoms with Crippen LogP contribution in [0.3, 0.4) is 0 Å². The molecule has 1 N–H and O–H groups in total. The highest BCUT2D eigenvalue weighted by Crippen LogP contribution is 2.33. The molecule has 0 radical (unpaired) electrons. The van der Waals surface area contributed by atoms with Crippen molar-refractivity contribution < 1.29 is 19.4 Å². The first-order valence-electron chi connectivity index (χ1n) is 8.66. The number of aliphatic hydroxyl groups is 1. The standard InChI is InChI=1S/C21H22N2O4/c1-13(2)27-17-10-8-14(9-11-17)18-19(24)21(26)23(20(18)25)16-7-5-6-15(12-16)22(3)4/h5-13,24H,1-4H3. The summed E-state index contributed by atoms with van der Waals surface area (Å²) >= 11 is 0. The molecule has 0 spiro atoms. The number of aliphatic hydroxyl groups excluding tert-OH is 1. The Labute approximate surface area is 158 Å². The zero-order valence-corrected chi connectivity index (χ0v) is 15.8. The molecular formula is C21H22N2O4. The molecule has 0 saturated carbocycles. The number of hydrogen-bond donors (Lipinski definition) is 1. The van der Waals surface area contributed by atoms with Gasteiger partial charge < -0.3 is 14.7 Å². The number of carbonyl (C=O) groups excluding carboxylic acids is 2. The summed E-state index contributed by atoms with van der Waals surface area (Å²) in [7, 11) is 3.74. The number of anilines is 2. The van der Waals surface area contributed by atoms with E-state index in [2.05, 4.69) is 0 Å². The van der Waals surface area contributed by atoms with Crippen molar-refractivity contribution >= 4 is 28.8 Å². The Kier molecular flexibility index (Phi) is 4.90. The number of amides is 2. The van der Waals surface area contributed by atoms with Gasteiger partial charge in [-0.2, -0.15) is 0 Å². The van der Waals surface area contributed by atoms with Crippen LogP contribution in [-0.2, 0) is 9.59 Å². The molecule has 0 atom stereocenters. The zero-order valence-electron chi connectivity index (χ0n) is 15.8. The minimum absolute atomic E-state index is 0.00801. The molecule has 0 fully saturated rings. The third-order valence-corrected chi connectivity index (χ3v) is 4.18. The smallest absolute Gasteiger partial charge is 0.301 e. The van der Waals surface area contributed by atoms with Crippen LogP contribution in [0.5, 0.6) is 5.75 Å². The predicted octanol–water partition coefficient (Wildman–Crippen LogP) is 3.38. The second kappa shape index (κ2) is 7.15. The molecule has 0 unspecified atom stereocenters. The molecule has 3 rings (SSSR count). The van der Waals surface area contributed by atoms with Gasteiger partial charge in [0.25, 0.3) is 5.91 Å². The molecular weight excluding hydrogens is 344 g/mol. The number of ether oxygens (including phenoxy) is 1. The summed E-state index contributed by atoms with van der Waals surface area (Å²) in [5.74, 6) is -1.17. The van der Waals surface area contributed by atoms with E-state index < -0.39 is 17.6 Å². The zero-order chi connectivity index (χ0) is 19.7. The fourth-order valence-corrected chi connectivity index (χ4v) is 2.90. The summed E-state index contributed by atoms with van der Waals surface area (Å²) in [4.78, 5) is 28.3. The first kappa shape index (κ1) is 18.5. The van der Waals surface area contributed by atoms with Crippen LogP contribution in [0.2, 0.25) is 0 Å². The molecule has 0 saturated heterocycles. The second-order valence-corrected chi connectivity index (χ2v) is 6.77. The molecule has 0 aliphatic carbocycles. The van der Waals surface area contributed by atoms with Gasteiger partial charge >= 0.3 is 5.91 Å². The average Bonchev–Trinajstić information content (AvgIpc) is 2.84. The number of rotatable bonds is 5. The maximum absolute atomic E-state index is 12.9. The van der Waals surface area contributed by atoms with Crippen LogP contribution in [-0.4, -0.2) is 37.1 Å². The third kappa shape index (κ3) is 3.51. The summed E-state index contributed by atoms with van der Waals surface area (Å²) < 4.78 is 5.59. The van der Waals surface area contributed by atoms with Gasteiger partial charge in [0.05, 0.1) is 17.4 Å². The SMILES string of the molecule is CC(C)Oc1ccc(C2=C(O)C(=O)N(c3cccc(N(C)C)c3)C2=O)cc1. The minimum atomic E-state index is -0.728. The monoisotopic (exact) mass is 366 g/mol. The van der Waals surface area contributed by atoms with Crippen LogP contribution in [0.4, 0.5) is 11.4 Å². The second-order valence-electron chi connectivity index (χ2n) is 6.77. The van der Waals surface area contributed by atoms with E-state index in [1.807, 2.05) is 38.9 Å². The fraction of sp³-hybridized carbons (Fsp3) is 0.238. The predicted molar refractivity (Wildman–Crippen MR) is 105 cm³/mol.